The van der Waals surface area contributed by atoms with Crippen molar-refractivity contribution in [2.75, 3.05) is 0 Å². The van der Waals surface area contributed by atoms with Gasteiger partial charge in [-0.05, 0) is 80.0 Å². The summed E-state index contributed by atoms with van der Waals surface area (Å²) in [7, 11) is 0. The Morgan fingerprint density at radius 2 is 1.70 bits per heavy atom. The highest BCUT2D eigenvalue weighted by Crippen LogP contribution is 2.69. The topological polar surface area (TPSA) is 0 Å². The maximum Gasteiger partial charge on any atom is -0.0169 e. The molecule has 0 bridgehead atoms. The first-order chi connectivity index (χ1) is 10.6. The number of hydrogen-bond acceptors (Lipinski definition) is 0. The molecule has 4 aliphatic rings. The lowest BCUT2D eigenvalue weighted by Gasteiger charge is -2.34. The molecular formula is C23H44. The van der Waals surface area contributed by atoms with E-state index in [1.54, 1.807) is 24.8 Å². The largest absolute Gasteiger partial charge is 0.0850 e. The summed E-state index contributed by atoms with van der Waals surface area (Å²) in [5.74, 6) is 6.37. The van der Waals surface area contributed by atoms with Crippen molar-refractivity contribution in [2.45, 2.75) is 94.4 Å². The average Bonchev–Trinajstić information content (AvgIpc) is 3.23. The first-order valence-corrected chi connectivity index (χ1v) is 10.3. The second-order valence-corrected chi connectivity index (χ2v) is 8.02. The maximum absolute atomic E-state index is 2.65. The molecule has 0 spiro atoms. The van der Waals surface area contributed by atoms with E-state index in [4.69, 9.17) is 0 Å². The molecule has 0 aromatic rings. The molecule has 4 aliphatic carbocycles. The predicted octanol–water partition coefficient (Wildman–Crippen LogP) is 7.74. The molecule has 0 radical (unpaired) electrons. The number of allylic oxidation sites excluding steroid dienone is 2. The molecule has 0 aliphatic heterocycles. The van der Waals surface area contributed by atoms with Crippen LogP contribution >= 0.6 is 0 Å². The van der Waals surface area contributed by atoms with Crippen molar-refractivity contribution in [3.63, 3.8) is 0 Å². The van der Waals surface area contributed by atoms with Gasteiger partial charge < -0.3 is 0 Å². The minimum Gasteiger partial charge on any atom is -0.0850 e. The molecular weight excluding hydrogens is 276 g/mol. The van der Waals surface area contributed by atoms with Gasteiger partial charge in [0, 0.05) is 0 Å². The van der Waals surface area contributed by atoms with Crippen LogP contribution in [0, 0.1) is 40.9 Å². The molecule has 7 unspecified atom stereocenters. The summed E-state index contributed by atoms with van der Waals surface area (Å²) in [6.45, 7) is 15.5. The molecule has 0 heterocycles. The van der Waals surface area contributed by atoms with E-state index in [9.17, 15) is 0 Å². The molecule has 136 valence electrons. The second kappa shape index (κ2) is 8.21. The average molecular weight is 321 g/mol. The summed E-state index contributed by atoms with van der Waals surface area (Å²) in [6, 6.07) is 0. The molecule has 0 N–H and O–H groups in total. The van der Waals surface area contributed by atoms with Crippen LogP contribution in [0.2, 0.25) is 0 Å². The molecule has 0 aromatic carbocycles. The van der Waals surface area contributed by atoms with E-state index in [0.29, 0.717) is 0 Å². The van der Waals surface area contributed by atoms with Crippen LogP contribution in [0.1, 0.15) is 94.4 Å². The van der Waals surface area contributed by atoms with Crippen molar-refractivity contribution in [1.82, 2.24) is 0 Å². The fourth-order valence-corrected chi connectivity index (χ4v) is 6.90. The van der Waals surface area contributed by atoms with E-state index in [2.05, 4.69) is 26.8 Å². The molecule has 3 fully saturated rings. The van der Waals surface area contributed by atoms with Gasteiger partial charge in [0.25, 0.3) is 0 Å². The van der Waals surface area contributed by atoms with Crippen LogP contribution in [0.25, 0.3) is 0 Å². The number of fused-ring (bicyclic) bond motifs is 5. The third-order valence-electron chi connectivity index (χ3n) is 7.73. The van der Waals surface area contributed by atoms with E-state index in [1.165, 1.54) is 19.3 Å². The van der Waals surface area contributed by atoms with Crippen LogP contribution in [-0.4, -0.2) is 0 Å². The van der Waals surface area contributed by atoms with Crippen molar-refractivity contribution in [1.29, 1.82) is 0 Å². The smallest absolute Gasteiger partial charge is 0.0169 e. The highest BCUT2D eigenvalue weighted by Gasteiger charge is 2.62. The normalized spacial score (nSPS) is 45.4. The lowest BCUT2D eigenvalue weighted by molar-refractivity contribution is 0.156. The molecule has 0 saturated heterocycles. The van der Waals surface area contributed by atoms with Gasteiger partial charge >= 0.3 is 0 Å². The predicted molar refractivity (Wildman–Crippen MR) is 106 cm³/mol. The zero-order chi connectivity index (χ0) is 16.5. The summed E-state index contributed by atoms with van der Waals surface area (Å²) in [5, 5.41) is 0. The second-order valence-electron chi connectivity index (χ2n) is 8.02. The molecule has 7 atom stereocenters. The van der Waals surface area contributed by atoms with E-state index >= 15 is 0 Å². The van der Waals surface area contributed by atoms with Crippen molar-refractivity contribution in [3.05, 3.63) is 11.6 Å². The number of rotatable bonds is 1. The molecule has 4 rings (SSSR count). The highest BCUT2D eigenvalue weighted by atomic mass is 14.7. The van der Waals surface area contributed by atoms with Gasteiger partial charge in [-0.25, -0.2) is 0 Å². The Morgan fingerprint density at radius 3 is 2.30 bits per heavy atom. The Balaban J connectivity index is 0.000000494. The zero-order valence-corrected chi connectivity index (χ0v) is 16.3. The zero-order valence-electron chi connectivity index (χ0n) is 16.3. The SMILES string of the molecule is C.CC.CC.CCC1CCC2C3CC4C(C)=CCC4C3CC12C. The van der Waals surface area contributed by atoms with Crippen molar-refractivity contribution < 1.29 is 0 Å². The number of hydrogen-bond donors (Lipinski definition) is 0. The van der Waals surface area contributed by atoms with Gasteiger partial charge in [-0.15, -0.1) is 0 Å². The Morgan fingerprint density at radius 1 is 1.04 bits per heavy atom. The lowest BCUT2D eigenvalue weighted by Crippen LogP contribution is -2.26. The molecule has 3 saturated carbocycles. The van der Waals surface area contributed by atoms with Crippen LogP contribution in [0.4, 0.5) is 0 Å². The first kappa shape index (κ1) is 20.8. The summed E-state index contributed by atoms with van der Waals surface area (Å²) in [6.07, 6.45) is 11.6. The summed E-state index contributed by atoms with van der Waals surface area (Å²) < 4.78 is 0. The third kappa shape index (κ3) is 3.05. The van der Waals surface area contributed by atoms with Gasteiger partial charge in [-0.3, -0.25) is 0 Å². The quantitative estimate of drug-likeness (QED) is 0.433. The Bertz CT molecular complexity index is 393. The third-order valence-corrected chi connectivity index (χ3v) is 7.73. The monoisotopic (exact) mass is 320 g/mol. The Labute approximate surface area is 147 Å². The fourth-order valence-electron chi connectivity index (χ4n) is 6.90. The van der Waals surface area contributed by atoms with Gasteiger partial charge in [0.1, 0.15) is 0 Å². The molecule has 0 nitrogen and oxygen atoms in total. The summed E-state index contributed by atoms with van der Waals surface area (Å²) >= 11 is 0. The van der Waals surface area contributed by atoms with Crippen molar-refractivity contribution >= 4 is 0 Å². The van der Waals surface area contributed by atoms with E-state index in [1.807, 2.05) is 27.7 Å². The summed E-state index contributed by atoms with van der Waals surface area (Å²) in [4.78, 5) is 0. The maximum atomic E-state index is 2.65. The molecule has 0 amide bonds. The van der Waals surface area contributed by atoms with Gasteiger partial charge in [0.05, 0.1) is 0 Å². The Kier molecular flexibility index (Phi) is 7.42. The van der Waals surface area contributed by atoms with Crippen molar-refractivity contribution in [3.8, 4) is 0 Å². The van der Waals surface area contributed by atoms with Gasteiger partial charge in [-0.1, -0.05) is 67.0 Å². The fraction of sp³-hybridized carbons (Fsp3) is 0.913. The van der Waals surface area contributed by atoms with Gasteiger partial charge in [0.2, 0.25) is 0 Å². The van der Waals surface area contributed by atoms with Crippen LogP contribution in [0.15, 0.2) is 11.6 Å². The minimum atomic E-state index is 0. The van der Waals surface area contributed by atoms with E-state index in [-0.39, 0.29) is 7.43 Å². The first-order valence-electron chi connectivity index (χ1n) is 10.3. The molecule has 23 heavy (non-hydrogen) atoms. The van der Waals surface area contributed by atoms with Crippen LogP contribution in [0.3, 0.4) is 0 Å². The van der Waals surface area contributed by atoms with E-state index in [0.717, 1.165) is 40.9 Å². The molecule has 0 heteroatoms. The van der Waals surface area contributed by atoms with E-state index < -0.39 is 0 Å². The highest BCUT2D eigenvalue weighted by molar-refractivity contribution is 5.21. The molecule has 0 aromatic heterocycles. The van der Waals surface area contributed by atoms with Crippen molar-refractivity contribution in [2.24, 2.45) is 40.9 Å². The summed E-state index contributed by atoms with van der Waals surface area (Å²) in [5.41, 5.74) is 2.46. The van der Waals surface area contributed by atoms with Crippen LogP contribution in [0.5, 0.6) is 0 Å². The minimum absolute atomic E-state index is 0. The van der Waals surface area contributed by atoms with Crippen LogP contribution < -0.4 is 0 Å². The van der Waals surface area contributed by atoms with Crippen LogP contribution in [-0.2, 0) is 0 Å². The van der Waals surface area contributed by atoms with Gasteiger partial charge in [0.15, 0.2) is 0 Å². The standard InChI is InChI=1S/C18H28.2C2H6.CH4/c1-4-12-6-8-17-15-9-14-11(2)5-7-13(14)16(15)10-18(12,17)3;2*1-2;/h5,12-17H,4,6-10H2,1-3H3;2*1-2H3;1H4. The lowest BCUT2D eigenvalue weighted by atomic mass is 9.71. The van der Waals surface area contributed by atoms with Gasteiger partial charge in [-0.2, -0.15) is 0 Å². The Hall–Kier alpha value is -0.260.